The van der Waals surface area contributed by atoms with Crippen LogP contribution in [0.15, 0.2) is 34.9 Å². The van der Waals surface area contributed by atoms with Gasteiger partial charge in [-0.3, -0.25) is 14.5 Å². The highest BCUT2D eigenvalue weighted by Crippen LogP contribution is 2.15. The van der Waals surface area contributed by atoms with E-state index in [4.69, 9.17) is 9.26 Å². The number of hydrogen-bond acceptors (Lipinski definition) is 6. The zero-order valence-corrected chi connectivity index (χ0v) is 17.9. The molecular weight excluding hydrogens is 384 g/mol. The van der Waals surface area contributed by atoms with Crippen molar-refractivity contribution in [3.8, 4) is 5.75 Å². The topological polar surface area (TPSA) is 87.9 Å². The summed E-state index contributed by atoms with van der Waals surface area (Å²) in [6.45, 7) is 6.44. The van der Waals surface area contributed by atoms with Gasteiger partial charge in [0.2, 0.25) is 11.8 Å². The van der Waals surface area contributed by atoms with Crippen LogP contribution in [0, 0.1) is 6.92 Å². The number of methoxy groups -OCH3 is 1. The van der Waals surface area contributed by atoms with E-state index >= 15 is 0 Å². The van der Waals surface area contributed by atoms with E-state index in [9.17, 15) is 9.59 Å². The number of anilines is 1. The second-order valence-electron chi connectivity index (χ2n) is 7.61. The maximum atomic E-state index is 12.7. The Morgan fingerprint density at radius 1 is 1.20 bits per heavy atom. The summed E-state index contributed by atoms with van der Waals surface area (Å²) in [6.07, 6.45) is 2.03. The first-order chi connectivity index (χ1) is 14.5. The summed E-state index contributed by atoms with van der Waals surface area (Å²) < 4.78 is 10.2. The Balaban J connectivity index is 1.47. The molecule has 0 radical (unpaired) electrons. The minimum atomic E-state index is -0.309. The van der Waals surface area contributed by atoms with Gasteiger partial charge in [-0.15, -0.1) is 0 Å². The molecule has 0 saturated carbocycles. The van der Waals surface area contributed by atoms with E-state index in [0.29, 0.717) is 37.5 Å². The lowest BCUT2D eigenvalue weighted by molar-refractivity contribution is -0.131. The van der Waals surface area contributed by atoms with E-state index in [2.05, 4.69) is 15.4 Å². The second kappa shape index (κ2) is 10.2. The van der Waals surface area contributed by atoms with Crippen molar-refractivity contribution in [2.75, 3.05) is 38.6 Å². The molecule has 1 saturated heterocycles. The van der Waals surface area contributed by atoms with E-state index in [1.807, 2.05) is 36.1 Å². The highest BCUT2D eigenvalue weighted by atomic mass is 16.5. The predicted molar refractivity (Wildman–Crippen MR) is 113 cm³/mol. The zero-order chi connectivity index (χ0) is 21.5. The van der Waals surface area contributed by atoms with Gasteiger partial charge in [0.1, 0.15) is 11.5 Å². The predicted octanol–water partition coefficient (Wildman–Crippen LogP) is 2.49. The Kier molecular flexibility index (Phi) is 7.46. The number of aromatic nitrogens is 1. The Morgan fingerprint density at radius 2 is 1.97 bits per heavy atom. The minimum absolute atomic E-state index is 0.123. The lowest BCUT2D eigenvalue weighted by Gasteiger charge is -2.26. The molecule has 1 aromatic carbocycles. The fourth-order valence-corrected chi connectivity index (χ4v) is 3.60. The molecule has 162 valence electrons. The van der Waals surface area contributed by atoms with E-state index in [0.717, 1.165) is 30.8 Å². The van der Waals surface area contributed by atoms with Gasteiger partial charge in [0.25, 0.3) is 0 Å². The van der Waals surface area contributed by atoms with Gasteiger partial charge in [-0.25, -0.2) is 0 Å². The van der Waals surface area contributed by atoms with Crippen molar-refractivity contribution in [1.82, 2.24) is 15.0 Å². The van der Waals surface area contributed by atoms with Gasteiger partial charge in [-0.1, -0.05) is 17.3 Å². The summed E-state index contributed by atoms with van der Waals surface area (Å²) in [5.74, 6) is 1.92. The van der Waals surface area contributed by atoms with Gasteiger partial charge >= 0.3 is 0 Å². The number of benzene rings is 1. The molecule has 0 bridgehead atoms. The van der Waals surface area contributed by atoms with E-state index in [1.54, 1.807) is 20.1 Å². The van der Waals surface area contributed by atoms with Crippen LogP contribution in [-0.4, -0.2) is 66.1 Å². The summed E-state index contributed by atoms with van der Waals surface area (Å²) in [6, 6.07) is 9.19. The molecule has 2 heterocycles. The van der Waals surface area contributed by atoms with Crippen molar-refractivity contribution in [2.45, 2.75) is 39.2 Å². The lowest BCUT2D eigenvalue weighted by Crippen LogP contribution is -2.44. The van der Waals surface area contributed by atoms with Crippen LogP contribution in [0.1, 0.15) is 31.1 Å². The second-order valence-corrected chi connectivity index (χ2v) is 7.61. The highest BCUT2D eigenvalue weighted by Gasteiger charge is 2.26. The average Bonchev–Trinajstić information content (AvgIpc) is 3.01. The molecule has 1 unspecified atom stereocenters. The van der Waals surface area contributed by atoms with Crippen molar-refractivity contribution >= 4 is 17.6 Å². The molecular formula is C22H30N4O4. The van der Waals surface area contributed by atoms with Crippen LogP contribution < -0.4 is 10.1 Å². The van der Waals surface area contributed by atoms with Crippen LogP contribution in [0.3, 0.4) is 0 Å². The number of nitrogens with one attached hydrogen (secondary N) is 1. The smallest absolute Gasteiger partial charge is 0.242 e. The van der Waals surface area contributed by atoms with Gasteiger partial charge in [0, 0.05) is 38.7 Å². The first-order valence-electron chi connectivity index (χ1n) is 10.3. The molecule has 1 aliphatic heterocycles. The van der Waals surface area contributed by atoms with Gasteiger partial charge in [0.05, 0.1) is 13.2 Å². The van der Waals surface area contributed by atoms with Gasteiger partial charge < -0.3 is 19.5 Å². The van der Waals surface area contributed by atoms with E-state index in [-0.39, 0.29) is 17.9 Å². The fraction of sp³-hybridized carbons (Fsp3) is 0.500. The van der Waals surface area contributed by atoms with Crippen molar-refractivity contribution in [3.63, 3.8) is 0 Å². The Hall–Kier alpha value is -2.87. The third kappa shape index (κ3) is 5.82. The molecule has 2 amide bonds. The molecule has 0 aliphatic carbocycles. The Morgan fingerprint density at radius 3 is 2.63 bits per heavy atom. The van der Waals surface area contributed by atoms with Crippen molar-refractivity contribution in [2.24, 2.45) is 0 Å². The summed E-state index contributed by atoms with van der Waals surface area (Å²) in [4.78, 5) is 29.2. The van der Waals surface area contributed by atoms with Gasteiger partial charge in [-0.2, -0.15) is 0 Å². The number of aryl methyl sites for hydroxylation is 2. The molecule has 1 N–H and O–H groups in total. The molecule has 1 atom stereocenters. The van der Waals surface area contributed by atoms with Crippen LogP contribution >= 0.6 is 0 Å². The van der Waals surface area contributed by atoms with Crippen LogP contribution in [0.4, 0.5) is 5.82 Å². The summed E-state index contributed by atoms with van der Waals surface area (Å²) in [5.41, 5.74) is 1.12. The van der Waals surface area contributed by atoms with Crippen LogP contribution in [0.5, 0.6) is 5.75 Å². The van der Waals surface area contributed by atoms with Gasteiger partial charge in [-0.05, 0) is 44.4 Å². The first kappa shape index (κ1) is 21.8. The molecule has 1 aliphatic rings. The maximum Gasteiger partial charge on any atom is 0.242 e. The number of ether oxygens (including phenoxy) is 1. The molecule has 1 aromatic heterocycles. The first-order valence-corrected chi connectivity index (χ1v) is 10.3. The van der Waals surface area contributed by atoms with E-state index < -0.39 is 0 Å². The molecule has 2 aromatic rings. The van der Waals surface area contributed by atoms with Crippen LogP contribution in [-0.2, 0) is 16.0 Å². The fourth-order valence-electron chi connectivity index (χ4n) is 3.60. The number of carbonyl (C=O) groups is 2. The molecule has 30 heavy (non-hydrogen) atoms. The van der Waals surface area contributed by atoms with Crippen LogP contribution in [0.2, 0.25) is 0 Å². The third-order valence-electron chi connectivity index (χ3n) is 5.48. The lowest BCUT2D eigenvalue weighted by atomic mass is 10.1. The zero-order valence-electron chi connectivity index (χ0n) is 17.9. The number of amides is 2. The molecule has 8 heteroatoms. The molecule has 8 nitrogen and oxygen atoms in total. The number of rotatable bonds is 7. The molecule has 1 fully saturated rings. The van der Waals surface area contributed by atoms with E-state index in [1.165, 1.54) is 0 Å². The SMILES string of the molecule is COc1ccc(CCC(=O)N2CCCN(C(C)C(=O)Nc3cc(C)on3)CC2)cc1. The maximum absolute atomic E-state index is 12.7. The number of nitrogens with zero attached hydrogens (tertiary/aromatic N) is 3. The highest BCUT2D eigenvalue weighted by molar-refractivity contribution is 5.93. The third-order valence-corrected chi connectivity index (χ3v) is 5.48. The monoisotopic (exact) mass is 414 g/mol. The largest absolute Gasteiger partial charge is 0.497 e. The number of carbonyl (C=O) groups excluding carboxylic acids is 2. The minimum Gasteiger partial charge on any atom is -0.497 e. The van der Waals surface area contributed by atoms with Crippen molar-refractivity contribution in [3.05, 3.63) is 41.7 Å². The molecule has 0 spiro atoms. The normalized spacial score (nSPS) is 16.0. The number of hydrogen-bond donors (Lipinski definition) is 1. The standard InChI is InChI=1S/C22H30N4O4/c1-16-15-20(24-30-16)23-22(28)17(2)25-11-4-12-26(14-13-25)21(27)10-7-18-5-8-19(29-3)9-6-18/h5-6,8-9,15,17H,4,7,10-14H2,1-3H3,(H,23,24,28). The van der Waals surface area contributed by atoms with Crippen molar-refractivity contribution < 1.29 is 18.8 Å². The summed E-state index contributed by atoms with van der Waals surface area (Å²) >= 11 is 0. The Bertz CT molecular complexity index is 849. The molecule has 3 rings (SSSR count). The summed E-state index contributed by atoms with van der Waals surface area (Å²) in [7, 11) is 1.64. The average molecular weight is 415 g/mol. The van der Waals surface area contributed by atoms with Crippen LogP contribution in [0.25, 0.3) is 0 Å². The summed E-state index contributed by atoms with van der Waals surface area (Å²) in [5, 5.41) is 6.59. The Labute approximate surface area is 177 Å². The van der Waals surface area contributed by atoms with Crippen molar-refractivity contribution in [1.29, 1.82) is 0 Å². The van der Waals surface area contributed by atoms with Gasteiger partial charge in [0.15, 0.2) is 5.82 Å². The quantitative estimate of drug-likeness (QED) is 0.749.